The summed E-state index contributed by atoms with van der Waals surface area (Å²) in [6, 6.07) is 0. The maximum Gasteiger partial charge on any atom is 0.334 e. The van der Waals surface area contributed by atoms with Gasteiger partial charge in [0.15, 0.2) is 5.78 Å². The minimum Gasteiger partial charge on any atom is -0.469 e. The molecule has 1 aliphatic carbocycles. The number of ether oxygens (including phenoxy) is 3. The molecule has 7 heteroatoms. The van der Waals surface area contributed by atoms with Gasteiger partial charge in [-0.05, 0) is 11.6 Å². The Morgan fingerprint density at radius 2 is 2.14 bits per heavy atom. The lowest BCUT2D eigenvalue weighted by Gasteiger charge is -2.21. The third-order valence-corrected chi connectivity index (χ3v) is 4.33. The van der Waals surface area contributed by atoms with Crippen molar-refractivity contribution in [2.45, 2.75) is 18.3 Å². The molecule has 0 N–H and O–H groups in total. The summed E-state index contributed by atoms with van der Waals surface area (Å²) in [5, 5.41) is 0. The first-order chi connectivity index (χ1) is 10.1. The SMILES string of the molecule is COC(=O)CC1=C(C2OCCS2)C=C(C(=O)OC)CC1=O. The fourth-order valence-electron chi connectivity index (χ4n) is 2.19. The Morgan fingerprint density at radius 1 is 1.38 bits per heavy atom. The van der Waals surface area contributed by atoms with Crippen LogP contribution in [0.15, 0.2) is 22.8 Å². The van der Waals surface area contributed by atoms with Crippen LogP contribution < -0.4 is 0 Å². The van der Waals surface area contributed by atoms with Crippen molar-refractivity contribution in [3.63, 3.8) is 0 Å². The molecule has 2 rings (SSSR count). The zero-order valence-corrected chi connectivity index (χ0v) is 12.7. The van der Waals surface area contributed by atoms with Gasteiger partial charge in [-0.15, -0.1) is 11.8 Å². The third-order valence-electron chi connectivity index (χ3n) is 3.24. The van der Waals surface area contributed by atoms with E-state index in [1.807, 2.05) is 0 Å². The molecule has 1 fully saturated rings. The topological polar surface area (TPSA) is 78.9 Å². The predicted octanol–water partition coefficient (Wildman–Crippen LogP) is 1.01. The number of rotatable bonds is 4. The molecule has 1 aliphatic heterocycles. The van der Waals surface area contributed by atoms with Crippen molar-refractivity contribution >= 4 is 29.5 Å². The highest BCUT2D eigenvalue weighted by atomic mass is 32.2. The van der Waals surface area contributed by atoms with Crippen molar-refractivity contribution in [3.8, 4) is 0 Å². The molecule has 114 valence electrons. The number of hydrogen-bond acceptors (Lipinski definition) is 7. The van der Waals surface area contributed by atoms with Crippen molar-refractivity contribution in [1.82, 2.24) is 0 Å². The van der Waals surface area contributed by atoms with Crippen LogP contribution in [-0.2, 0) is 28.6 Å². The predicted molar refractivity (Wildman–Crippen MR) is 75.6 cm³/mol. The normalized spacial score (nSPS) is 22.1. The van der Waals surface area contributed by atoms with E-state index < -0.39 is 11.9 Å². The lowest BCUT2D eigenvalue weighted by Crippen LogP contribution is -2.23. The van der Waals surface area contributed by atoms with Gasteiger partial charge in [0.25, 0.3) is 0 Å². The highest BCUT2D eigenvalue weighted by Crippen LogP contribution is 2.35. The highest BCUT2D eigenvalue weighted by molar-refractivity contribution is 8.00. The van der Waals surface area contributed by atoms with Crippen LogP contribution in [0, 0.1) is 0 Å². The standard InChI is InChI=1S/C14H16O6S/c1-18-12(16)7-9-10(14-20-3-4-21-14)5-8(6-11(9)15)13(17)19-2/h5,14H,3-4,6-7H2,1-2H3. The second kappa shape index (κ2) is 6.91. The van der Waals surface area contributed by atoms with E-state index in [1.54, 1.807) is 6.08 Å². The second-order valence-electron chi connectivity index (χ2n) is 4.52. The Labute approximate surface area is 126 Å². The van der Waals surface area contributed by atoms with Gasteiger partial charge in [0.1, 0.15) is 5.44 Å². The molecule has 1 atom stereocenters. The summed E-state index contributed by atoms with van der Waals surface area (Å²) in [7, 11) is 2.54. The minimum atomic E-state index is -0.541. The summed E-state index contributed by atoms with van der Waals surface area (Å²) < 4.78 is 14.8. The smallest absolute Gasteiger partial charge is 0.334 e. The van der Waals surface area contributed by atoms with Crippen LogP contribution in [0.1, 0.15) is 12.8 Å². The quantitative estimate of drug-likeness (QED) is 0.717. The van der Waals surface area contributed by atoms with Crippen LogP contribution in [0.25, 0.3) is 0 Å². The van der Waals surface area contributed by atoms with Crippen LogP contribution in [0.5, 0.6) is 0 Å². The summed E-state index contributed by atoms with van der Waals surface area (Å²) in [6.07, 6.45) is 1.42. The van der Waals surface area contributed by atoms with Gasteiger partial charge in [0, 0.05) is 23.3 Å². The summed E-state index contributed by atoms with van der Waals surface area (Å²) in [5.74, 6) is -0.501. The molecule has 6 nitrogen and oxygen atoms in total. The lowest BCUT2D eigenvalue weighted by molar-refractivity contribution is -0.140. The molecular weight excluding hydrogens is 296 g/mol. The average molecular weight is 312 g/mol. The van der Waals surface area contributed by atoms with Gasteiger partial charge in [-0.1, -0.05) is 0 Å². The first-order valence-electron chi connectivity index (χ1n) is 6.42. The van der Waals surface area contributed by atoms with E-state index in [0.29, 0.717) is 17.8 Å². The largest absolute Gasteiger partial charge is 0.469 e. The molecule has 0 amide bonds. The molecule has 0 aromatic rings. The van der Waals surface area contributed by atoms with Crippen molar-refractivity contribution in [3.05, 3.63) is 22.8 Å². The number of carbonyl (C=O) groups is 3. The lowest BCUT2D eigenvalue weighted by atomic mass is 9.89. The number of ketones is 1. The average Bonchev–Trinajstić information content (AvgIpc) is 3.02. The van der Waals surface area contributed by atoms with E-state index in [4.69, 9.17) is 4.74 Å². The molecule has 0 spiro atoms. The number of carbonyl (C=O) groups excluding carboxylic acids is 3. The minimum absolute atomic E-state index is 0.0696. The zero-order valence-electron chi connectivity index (χ0n) is 11.8. The van der Waals surface area contributed by atoms with Gasteiger partial charge in [-0.25, -0.2) is 4.79 Å². The Kier molecular flexibility index (Phi) is 5.19. The fourth-order valence-corrected chi connectivity index (χ4v) is 3.18. The molecule has 0 bridgehead atoms. The number of hydrogen-bond donors (Lipinski definition) is 0. The van der Waals surface area contributed by atoms with Crippen LogP contribution in [0.2, 0.25) is 0 Å². The van der Waals surface area contributed by atoms with Gasteiger partial charge in [-0.3, -0.25) is 9.59 Å². The van der Waals surface area contributed by atoms with Crippen molar-refractivity contribution in [2.75, 3.05) is 26.6 Å². The molecule has 0 aromatic carbocycles. The van der Waals surface area contributed by atoms with E-state index in [9.17, 15) is 14.4 Å². The summed E-state index contributed by atoms with van der Waals surface area (Å²) in [4.78, 5) is 35.4. The van der Waals surface area contributed by atoms with Gasteiger partial charge in [0.2, 0.25) is 0 Å². The van der Waals surface area contributed by atoms with Crippen LogP contribution in [-0.4, -0.2) is 49.7 Å². The Balaban J connectivity index is 2.39. The number of thioether (sulfide) groups is 1. The molecule has 21 heavy (non-hydrogen) atoms. The summed E-state index contributed by atoms with van der Waals surface area (Å²) >= 11 is 1.53. The van der Waals surface area contributed by atoms with E-state index in [0.717, 1.165) is 5.75 Å². The Hall–Kier alpha value is -1.60. The van der Waals surface area contributed by atoms with E-state index >= 15 is 0 Å². The van der Waals surface area contributed by atoms with Crippen LogP contribution in [0.3, 0.4) is 0 Å². The van der Waals surface area contributed by atoms with Gasteiger partial charge < -0.3 is 14.2 Å². The second-order valence-corrected chi connectivity index (χ2v) is 5.69. The van der Waals surface area contributed by atoms with Gasteiger partial charge in [-0.2, -0.15) is 0 Å². The first-order valence-corrected chi connectivity index (χ1v) is 7.46. The molecule has 0 aromatic heterocycles. The maximum atomic E-state index is 12.3. The molecule has 1 saturated heterocycles. The number of Topliss-reactive ketones (excluding diaryl/α,β-unsaturated/α-hetero) is 1. The number of esters is 2. The van der Waals surface area contributed by atoms with Crippen molar-refractivity contribution in [1.29, 1.82) is 0 Å². The zero-order chi connectivity index (χ0) is 15.4. The van der Waals surface area contributed by atoms with Crippen molar-refractivity contribution in [2.24, 2.45) is 0 Å². The molecule has 2 aliphatic rings. The van der Waals surface area contributed by atoms with Crippen LogP contribution in [0.4, 0.5) is 0 Å². The summed E-state index contributed by atoms with van der Waals surface area (Å²) in [6.45, 7) is 0.569. The van der Waals surface area contributed by atoms with E-state index in [-0.39, 0.29) is 29.6 Å². The molecule has 0 radical (unpaired) electrons. The Morgan fingerprint density at radius 3 is 2.71 bits per heavy atom. The number of methoxy groups -OCH3 is 2. The fraction of sp³-hybridized carbons (Fsp3) is 0.500. The van der Waals surface area contributed by atoms with E-state index in [2.05, 4.69) is 9.47 Å². The van der Waals surface area contributed by atoms with Gasteiger partial charge >= 0.3 is 11.9 Å². The Bertz CT molecular complexity index is 528. The third kappa shape index (κ3) is 3.54. The molecule has 0 saturated carbocycles. The van der Waals surface area contributed by atoms with E-state index in [1.165, 1.54) is 26.0 Å². The molecule has 1 heterocycles. The molecule has 1 unspecified atom stereocenters. The molecular formula is C14H16O6S. The monoisotopic (exact) mass is 312 g/mol. The van der Waals surface area contributed by atoms with Crippen LogP contribution >= 0.6 is 11.8 Å². The maximum absolute atomic E-state index is 12.3. The summed E-state index contributed by atoms with van der Waals surface area (Å²) in [5.41, 5.74) is 0.865. The highest BCUT2D eigenvalue weighted by Gasteiger charge is 2.32. The first kappa shape index (κ1) is 15.8. The van der Waals surface area contributed by atoms with Gasteiger partial charge in [0.05, 0.1) is 27.2 Å². The van der Waals surface area contributed by atoms with Crippen molar-refractivity contribution < 1.29 is 28.6 Å².